The monoisotopic (exact) mass is 113 g/mol. The Kier molecular flexibility index (Phi) is 0.639. The first-order valence-corrected chi connectivity index (χ1v) is 2.26. The normalized spacial score (nSPS) is 16.4. The summed E-state index contributed by atoms with van der Waals surface area (Å²) in [4.78, 5) is 0. The van der Waals surface area contributed by atoms with E-state index < -0.39 is 12.7 Å². The van der Waals surface area contributed by atoms with Crippen LogP contribution in [0.4, 0.5) is 4.39 Å². The van der Waals surface area contributed by atoms with Crippen LogP contribution in [-0.2, 0) is 0 Å². The lowest BCUT2D eigenvalue weighted by atomic mass is 10.2. The largest absolute Gasteiger partial charge is 0.207 e. The van der Waals surface area contributed by atoms with E-state index in [-0.39, 0.29) is 5.56 Å². The van der Waals surface area contributed by atoms with Gasteiger partial charge in [0.05, 0.1) is 0 Å². The molecule has 42 valence electrons. The van der Waals surface area contributed by atoms with Crippen LogP contribution in [0, 0.1) is 12.7 Å². The Hall–Kier alpha value is -0.850. The molecule has 1 rings (SSSR count). The quantitative estimate of drug-likeness (QED) is 0.483. The minimum atomic E-state index is -2.21. The van der Waals surface area contributed by atoms with Gasteiger partial charge in [0.15, 0.2) is 0 Å². The van der Waals surface area contributed by atoms with Gasteiger partial charge in [0, 0.05) is 4.11 Å². The zero-order valence-corrected chi connectivity index (χ0v) is 4.19. The van der Waals surface area contributed by atoms with Gasteiger partial charge in [-0.3, -0.25) is 0 Å². The number of benzene rings is 1. The van der Waals surface area contributed by atoms with Gasteiger partial charge in [-0.25, -0.2) is 4.39 Å². The molecular formula is C7H7F. The van der Waals surface area contributed by atoms with Gasteiger partial charge in [-0.05, 0) is 24.5 Å². The highest BCUT2D eigenvalue weighted by Crippen LogP contribution is 1.99. The minimum Gasteiger partial charge on any atom is -0.207 e. The highest BCUT2D eigenvalue weighted by atomic mass is 19.1. The van der Waals surface area contributed by atoms with Crippen LogP contribution >= 0.6 is 0 Å². The Bertz CT molecular complexity index is 254. The topological polar surface area (TPSA) is 0 Å². The van der Waals surface area contributed by atoms with Crippen LogP contribution in [0.2, 0.25) is 0 Å². The maximum absolute atomic E-state index is 12.4. The van der Waals surface area contributed by atoms with Gasteiger partial charge in [-0.15, -0.1) is 0 Å². The molecular weight excluding hydrogens is 103 g/mol. The van der Waals surface area contributed by atoms with Crippen molar-refractivity contribution in [1.82, 2.24) is 0 Å². The Morgan fingerprint density at radius 1 is 1.62 bits per heavy atom. The molecule has 0 atom stereocenters. The molecule has 0 aliphatic carbocycles. The van der Waals surface area contributed by atoms with Gasteiger partial charge in [0.25, 0.3) is 0 Å². The van der Waals surface area contributed by atoms with Crippen molar-refractivity contribution in [2.75, 3.05) is 0 Å². The summed E-state index contributed by atoms with van der Waals surface area (Å²) in [5.74, 6) is -0.515. The van der Waals surface area contributed by atoms with Gasteiger partial charge in [0.2, 0.25) is 0 Å². The van der Waals surface area contributed by atoms with E-state index in [9.17, 15) is 4.39 Å². The second-order valence-electron chi connectivity index (χ2n) is 1.51. The molecule has 0 aliphatic heterocycles. The van der Waals surface area contributed by atoms with Crippen molar-refractivity contribution in [3.63, 3.8) is 0 Å². The summed E-state index contributed by atoms with van der Waals surface area (Å²) in [6.07, 6.45) is 0. The molecule has 0 radical (unpaired) electrons. The van der Waals surface area contributed by atoms with Crippen LogP contribution in [0.1, 0.15) is 9.68 Å². The molecule has 0 nitrogen and oxygen atoms in total. The Balaban J connectivity index is 3.06. The van der Waals surface area contributed by atoms with Crippen molar-refractivity contribution in [3.8, 4) is 0 Å². The van der Waals surface area contributed by atoms with Gasteiger partial charge in [0.1, 0.15) is 5.82 Å². The summed E-state index contributed by atoms with van der Waals surface area (Å²) >= 11 is 0. The second kappa shape index (κ2) is 1.95. The molecule has 0 fully saturated rings. The van der Waals surface area contributed by atoms with Crippen LogP contribution in [0.5, 0.6) is 0 Å². The lowest BCUT2D eigenvalue weighted by Gasteiger charge is -1.87. The summed E-state index contributed by atoms with van der Waals surface area (Å²) in [6.45, 7) is -2.21. The van der Waals surface area contributed by atoms with Crippen LogP contribution < -0.4 is 0 Å². The smallest absolute Gasteiger partial charge is 0.123 e. The zero-order chi connectivity index (χ0) is 8.48. The van der Waals surface area contributed by atoms with E-state index in [2.05, 4.69) is 0 Å². The third kappa shape index (κ3) is 1.06. The molecule has 0 aliphatic rings. The van der Waals surface area contributed by atoms with Gasteiger partial charge in [-0.1, -0.05) is 12.1 Å². The van der Waals surface area contributed by atoms with E-state index in [0.29, 0.717) is 0 Å². The molecule has 0 unspecified atom stereocenters. The van der Waals surface area contributed by atoms with E-state index >= 15 is 0 Å². The van der Waals surface area contributed by atoms with E-state index in [1.165, 1.54) is 18.2 Å². The predicted octanol–water partition coefficient (Wildman–Crippen LogP) is 2.13. The van der Waals surface area contributed by atoms with Gasteiger partial charge < -0.3 is 0 Å². The number of hydrogen-bond donors (Lipinski definition) is 0. The summed E-state index contributed by atoms with van der Waals surface area (Å²) < 4.78 is 33.3. The molecule has 1 heteroatoms. The number of hydrogen-bond acceptors (Lipinski definition) is 0. The Morgan fingerprint density at radius 2 is 2.50 bits per heavy atom. The van der Waals surface area contributed by atoms with Crippen molar-refractivity contribution in [1.29, 1.82) is 0 Å². The first-order chi connectivity index (χ1) is 5.00. The number of rotatable bonds is 0. The molecule has 0 aromatic heterocycles. The molecule has 0 saturated carbocycles. The SMILES string of the molecule is [2H]C([2H])([2H])c1cccc(F)c1. The predicted molar refractivity (Wildman–Crippen MR) is 31.1 cm³/mol. The highest BCUT2D eigenvalue weighted by molar-refractivity contribution is 5.13. The van der Waals surface area contributed by atoms with Crippen LogP contribution in [0.3, 0.4) is 0 Å². The van der Waals surface area contributed by atoms with Crippen molar-refractivity contribution in [2.45, 2.75) is 6.85 Å². The first-order valence-electron chi connectivity index (χ1n) is 3.76. The Labute approximate surface area is 52.2 Å². The third-order valence-corrected chi connectivity index (χ3v) is 0.825. The molecule has 0 amide bonds. The van der Waals surface area contributed by atoms with E-state index in [0.717, 1.165) is 6.07 Å². The first kappa shape index (κ1) is 2.62. The Morgan fingerprint density at radius 3 is 3.00 bits per heavy atom. The van der Waals surface area contributed by atoms with Crippen LogP contribution in [-0.4, -0.2) is 0 Å². The number of halogens is 1. The van der Waals surface area contributed by atoms with E-state index in [4.69, 9.17) is 4.11 Å². The summed E-state index contributed by atoms with van der Waals surface area (Å²) in [7, 11) is 0. The second-order valence-corrected chi connectivity index (χ2v) is 1.51. The van der Waals surface area contributed by atoms with E-state index in [1.54, 1.807) is 0 Å². The summed E-state index contributed by atoms with van der Waals surface area (Å²) in [5.41, 5.74) is 0.0394. The van der Waals surface area contributed by atoms with Crippen LogP contribution in [0.25, 0.3) is 0 Å². The molecule has 8 heavy (non-hydrogen) atoms. The summed E-state index contributed by atoms with van der Waals surface area (Å²) in [6, 6.07) is 5.01. The van der Waals surface area contributed by atoms with Crippen LogP contribution in [0.15, 0.2) is 24.3 Å². The maximum atomic E-state index is 12.4. The third-order valence-electron chi connectivity index (χ3n) is 0.825. The molecule has 0 bridgehead atoms. The molecule has 0 spiro atoms. The minimum absolute atomic E-state index is 0.0394. The van der Waals surface area contributed by atoms with Gasteiger partial charge in [-0.2, -0.15) is 0 Å². The standard InChI is InChI=1S/C7H7F/c1-6-3-2-4-7(8)5-6/h2-5H,1H3/i1D3. The lowest BCUT2D eigenvalue weighted by Crippen LogP contribution is -1.72. The fourth-order valence-electron chi connectivity index (χ4n) is 0.488. The average molecular weight is 113 g/mol. The molecule has 0 N–H and O–H groups in total. The lowest BCUT2D eigenvalue weighted by molar-refractivity contribution is 0.626. The zero-order valence-electron chi connectivity index (χ0n) is 7.19. The molecule has 0 heterocycles. The van der Waals surface area contributed by atoms with Gasteiger partial charge >= 0.3 is 0 Å². The van der Waals surface area contributed by atoms with Crippen molar-refractivity contribution in [3.05, 3.63) is 35.6 Å². The van der Waals surface area contributed by atoms with E-state index in [1.807, 2.05) is 0 Å². The fourth-order valence-corrected chi connectivity index (χ4v) is 0.488. The molecule has 1 aromatic rings. The van der Waals surface area contributed by atoms with Crippen molar-refractivity contribution < 1.29 is 8.50 Å². The molecule has 1 aromatic carbocycles. The maximum Gasteiger partial charge on any atom is 0.123 e. The van der Waals surface area contributed by atoms with Crippen molar-refractivity contribution in [2.24, 2.45) is 0 Å². The van der Waals surface area contributed by atoms with Crippen molar-refractivity contribution >= 4 is 0 Å². The molecule has 0 saturated heterocycles. The fraction of sp³-hybridized carbons (Fsp3) is 0.143. The number of aryl methyl sites for hydroxylation is 1. The average Bonchev–Trinajstić information content (AvgIpc) is 1.86. The highest BCUT2D eigenvalue weighted by Gasteiger charge is 1.84. The summed E-state index contributed by atoms with van der Waals surface area (Å²) in [5, 5.41) is 0.